The molecule has 2 N–H and O–H groups in total. The van der Waals surface area contributed by atoms with Gasteiger partial charge < -0.3 is 5.32 Å². The maximum atomic E-state index is 12.0. The van der Waals surface area contributed by atoms with Crippen molar-refractivity contribution in [2.24, 2.45) is 5.10 Å². The van der Waals surface area contributed by atoms with Crippen LogP contribution in [0.1, 0.15) is 24.6 Å². The molecule has 0 radical (unpaired) electrons. The fourth-order valence-corrected chi connectivity index (χ4v) is 2.43. The number of aromatic nitrogens is 1. The standard InChI is InChI=1S/C18H18N6O6/c1-11-4-3-5-16(19-11)20-17(25)8-12(2)21-22-18(26)9-13-6-7-14(23(27)28)10-15(13)24(29)30/h3-7,10H,8-9H2,1-2H3,(H,22,26)(H,19,20,25)/b21-12-. The van der Waals surface area contributed by atoms with Crippen molar-refractivity contribution in [1.29, 1.82) is 0 Å². The summed E-state index contributed by atoms with van der Waals surface area (Å²) in [5, 5.41) is 28.3. The molecule has 0 aliphatic heterocycles. The number of nitrogens with zero attached hydrogens (tertiary/aromatic N) is 4. The number of aryl methyl sites for hydroxylation is 1. The first-order valence-electron chi connectivity index (χ1n) is 8.63. The average Bonchev–Trinajstić information content (AvgIpc) is 2.66. The lowest BCUT2D eigenvalue weighted by atomic mass is 10.1. The van der Waals surface area contributed by atoms with E-state index in [1.165, 1.54) is 6.92 Å². The van der Waals surface area contributed by atoms with Crippen LogP contribution in [-0.4, -0.2) is 32.4 Å². The summed E-state index contributed by atoms with van der Waals surface area (Å²) < 4.78 is 0. The van der Waals surface area contributed by atoms with Crippen LogP contribution < -0.4 is 10.7 Å². The van der Waals surface area contributed by atoms with Gasteiger partial charge in [0.15, 0.2) is 0 Å². The molecule has 0 fully saturated rings. The number of hydrogen-bond donors (Lipinski definition) is 2. The topological polar surface area (TPSA) is 170 Å². The third-order valence-corrected chi connectivity index (χ3v) is 3.77. The molecule has 1 heterocycles. The van der Waals surface area contributed by atoms with Crippen LogP contribution in [0.15, 0.2) is 41.5 Å². The van der Waals surface area contributed by atoms with E-state index in [2.05, 4.69) is 20.8 Å². The van der Waals surface area contributed by atoms with E-state index in [0.29, 0.717) is 11.5 Å². The number of rotatable bonds is 8. The number of benzene rings is 1. The highest BCUT2D eigenvalue weighted by Gasteiger charge is 2.21. The van der Waals surface area contributed by atoms with Gasteiger partial charge in [0.25, 0.3) is 11.4 Å². The first-order valence-corrected chi connectivity index (χ1v) is 8.63. The SMILES string of the molecule is C/C(CC(=O)Nc1cccc(C)n1)=N/NC(=O)Cc1ccc([N+](=O)[O-])cc1[N+](=O)[O-]. The van der Waals surface area contributed by atoms with Gasteiger partial charge in [-0.3, -0.25) is 29.8 Å². The molecule has 0 bridgehead atoms. The fourth-order valence-electron chi connectivity index (χ4n) is 2.43. The molecule has 30 heavy (non-hydrogen) atoms. The Morgan fingerprint density at radius 3 is 2.47 bits per heavy atom. The number of nitro groups is 2. The molecule has 0 aliphatic rings. The normalized spacial score (nSPS) is 10.9. The lowest BCUT2D eigenvalue weighted by Crippen LogP contribution is -2.23. The van der Waals surface area contributed by atoms with Crippen molar-refractivity contribution in [2.75, 3.05) is 5.32 Å². The lowest BCUT2D eigenvalue weighted by Gasteiger charge is -2.06. The van der Waals surface area contributed by atoms with Crippen LogP contribution in [0.25, 0.3) is 0 Å². The van der Waals surface area contributed by atoms with Crippen LogP contribution >= 0.6 is 0 Å². The first kappa shape index (κ1) is 22.1. The van der Waals surface area contributed by atoms with Crippen molar-refractivity contribution >= 4 is 34.7 Å². The number of nitro benzene ring substituents is 2. The van der Waals surface area contributed by atoms with E-state index in [0.717, 1.165) is 23.9 Å². The number of pyridine rings is 1. The lowest BCUT2D eigenvalue weighted by molar-refractivity contribution is -0.394. The molecule has 156 valence electrons. The molecule has 0 unspecified atom stereocenters. The summed E-state index contributed by atoms with van der Waals surface area (Å²) >= 11 is 0. The Morgan fingerprint density at radius 1 is 1.10 bits per heavy atom. The Hall–Kier alpha value is -4.22. The molecule has 0 saturated heterocycles. The Kier molecular flexibility index (Phi) is 7.22. The van der Waals surface area contributed by atoms with E-state index in [1.54, 1.807) is 25.1 Å². The van der Waals surface area contributed by atoms with Crippen LogP contribution in [0.3, 0.4) is 0 Å². The molecule has 1 aromatic carbocycles. The molecule has 12 nitrogen and oxygen atoms in total. The maximum absolute atomic E-state index is 12.0. The van der Waals surface area contributed by atoms with Crippen molar-refractivity contribution in [1.82, 2.24) is 10.4 Å². The number of nitrogens with one attached hydrogen (secondary N) is 2. The molecule has 0 saturated carbocycles. The van der Waals surface area contributed by atoms with E-state index in [1.807, 2.05) is 0 Å². The number of non-ortho nitro benzene ring substituents is 1. The highest BCUT2D eigenvalue weighted by Crippen LogP contribution is 2.25. The van der Waals surface area contributed by atoms with Crippen molar-refractivity contribution in [3.05, 3.63) is 67.9 Å². The number of anilines is 1. The van der Waals surface area contributed by atoms with Gasteiger partial charge in [-0.1, -0.05) is 6.07 Å². The minimum Gasteiger partial charge on any atom is -0.310 e. The van der Waals surface area contributed by atoms with Crippen LogP contribution in [0.2, 0.25) is 0 Å². The molecule has 0 atom stereocenters. The minimum atomic E-state index is -0.798. The molecule has 2 amide bonds. The highest BCUT2D eigenvalue weighted by atomic mass is 16.6. The summed E-state index contributed by atoms with van der Waals surface area (Å²) in [6.45, 7) is 3.31. The molecular formula is C18H18N6O6. The van der Waals surface area contributed by atoms with Crippen molar-refractivity contribution in [2.45, 2.75) is 26.7 Å². The van der Waals surface area contributed by atoms with Gasteiger partial charge in [0.05, 0.1) is 28.8 Å². The Balaban J connectivity index is 1.96. The van der Waals surface area contributed by atoms with Crippen LogP contribution in [0.5, 0.6) is 0 Å². The van der Waals surface area contributed by atoms with Gasteiger partial charge in [0.1, 0.15) is 5.82 Å². The average molecular weight is 414 g/mol. The number of hydrazone groups is 1. The van der Waals surface area contributed by atoms with E-state index in [4.69, 9.17) is 0 Å². The fraction of sp³-hybridized carbons (Fsp3) is 0.222. The molecule has 2 rings (SSSR count). The third kappa shape index (κ3) is 6.44. The summed E-state index contributed by atoms with van der Waals surface area (Å²) in [6, 6.07) is 8.18. The third-order valence-electron chi connectivity index (χ3n) is 3.77. The predicted octanol–water partition coefficient (Wildman–Crippen LogP) is 2.27. The van der Waals surface area contributed by atoms with E-state index < -0.39 is 33.5 Å². The zero-order chi connectivity index (χ0) is 22.3. The summed E-state index contributed by atoms with van der Waals surface area (Å²) in [5.41, 5.74) is 2.26. The quantitative estimate of drug-likeness (QED) is 0.379. The Labute approximate surface area is 170 Å². The number of carbonyl (C=O) groups excluding carboxylic acids is 2. The van der Waals surface area contributed by atoms with Crippen LogP contribution in [0.4, 0.5) is 17.2 Å². The molecule has 1 aromatic heterocycles. The second-order valence-electron chi connectivity index (χ2n) is 6.28. The number of carbonyl (C=O) groups is 2. The number of hydrogen-bond acceptors (Lipinski definition) is 8. The maximum Gasteiger partial charge on any atom is 0.279 e. The van der Waals surface area contributed by atoms with Gasteiger partial charge in [0.2, 0.25) is 11.8 Å². The molecule has 2 aromatic rings. The van der Waals surface area contributed by atoms with Crippen molar-refractivity contribution in [3.63, 3.8) is 0 Å². The summed E-state index contributed by atoms with van der Waals surface area (Å²) in [4.78, 5) is 48.5. The van der Waals surface area contributed by atoms with Gasteiger partial charge in [-0.25, -0.2) is 10.4 Å². The Bertz CT molecular complexity index is 1040. The largest absolute Gasteiger partial charge is 0.310 e. The van der Waals surface area contributed by atoms with Crippen molar-refractivity contribution < 1.29 is 19.4 Å². The molecular weight excluding hydrogens is 396 g/mol. The van der Waals surface area contributed by atoms with E-state index in [9.17, 15) is 29.8 Å². The highest BCUT2D eigenvalue weighted by molar-refractivity contribution is 6.05. The predicted molar refractivity (Wildman–Crippen MR) is 107 cm³/mol. The molecule has 12 heteroatoms. The van der Waals surface area contributed by atoms with Gasteiger partial charge in [0, 0.05) is 23.0 Å². The van der Waals surface area contributed by atoms with Gasteiger partial charge >= 0.3 is 0 Å². The van der Waals surface area contributed by atoms with Gasteiger partial charge in [-0.05, 0) is 32.0 Å². The smallest absolute Gasteiger partial charge is 0.279 e. The zero-order valence-corrected chi connectivity index (χ0v) is 16.1. The van der Waals surface area contributed by atoms with E-state index in [-0.39, 0.29) is 17.9 Å². The second kappa shape index (κ2) is 9.82. The first-order chi connectivity index (χ1) is 14.2. The van der Waals surface area contributed by atoms with Crippen LogP contribution in [-0.2, 0) is 16.0 Å². The monoisotopic (exact) mass is 414 g/mol. The minimum absolute atomic E-state index is 0.000724. The second-order valence-corrected chi connectivity index (χ2v) is 6.28. The Morgan fingerprint density at radius 2 is 1.83 bits per heavy atom. The summed E-state index contributed by atoms with van der Waals surface area (Å²) in [6.07, 6.45) is -0.516. The van der Waals surface area contributed by atoms with E-state index >= 15 is 0 Å². The van der Waals surface area contributed by atoms with Crippen LogP contribution in [0, 0.1) is 27.2 Å². The molecule has 0 aliphatic carbocycles. The zero-order valence-electron chi connectivity index (χ0n) is 16.1. The summed E-state index contributed by atoms with van der Waals surface area (Å²) in [5.74, 6) is -0.663. The molecule has 0 spiro atoms. The number of amides is 2. The summed E-state index contributed by atoms with van der Waals surface area (Å²) in [7, 11) is 0. The van der Waals surface area contributed by atoms with Crippen molar-refractivity contribution in [3.8, 4) is 0 Å². The van der Waals surface area contributed by atoms with Gasteiger partial charge in [-0.2, -0.15) is 5.10 Å². The van der Waals surface area contributed by atoms with Gasteiger partial charge in [-0.15, -0.1) is 0 Å².